The third kappa shape index (κ3) is 6.16. The molecule has 178 valence electrons. The monoisotopic (exact) mass is 449 g/mol. The van der Waals surface area contributed by atoms with Crippen molar-refractivity contribution in [2.24, 2.45) is 4.99 Å². The van der Waals surface area contributed by atoms with Crippen molar-refractivity contribution >= 4 is 17.5 Å². The number of rotatable bonds is 7. The van der Waals surface area contributed by atoms with Crippen LogP contribution in [0.3, 0.4) is 0 Å². The van der Waals surface area contributed by atoms with Gasteiger partial charge < -0.3 is 25.3 Å². The number of guanidine groups is 1. The van der Waals surface area contributed by atoms with Gasteiger partial charge >= 0.3 is 0 Å². The molecule has 1 aromatic heterocycles. The summed E-state index contributed by atoms with van der Waals surface area (Å²) in [6.07, 6.45) is 4.56. The van der Waals surface area contributed by atoms with Gasteiger partial charge in [0.15, 0.2) is 5.96 Å². The Bertz CT molecular complexity index is 897. The average molecular weight is 450 g/mol. The Labute approximate surface area is 198 Å². The molecule has 1 unspecified atom stereocenters. The van der Waals surface area contributed by atoms with Gasteiger partial charge in [0.25, 0.3) is 0 Å². The summed E-state index contributed by atoms with van der Waals surface area (Å²) in [4.78, 5) is 16.5. The Kier molecular flexibility index (Phi) is 8.05. The van der Waals surface area contributed by atoms with Gasteiger partial charge in [-0.15, -0.1) is 0 Å². The second kappa shape index (κ2) is 11.4. The Balaban J connectivity index is 1.28. The molecule has 33 heavy (non-hydrogen) atoms. The summed E-state index contributed by atoms with van der Waals surface area (Å²) in [5.74, 6) is 1.87. The molecule has 0 radical (unpaired) electrons. The van der Waals surface area contributed by atoms with Crippen LogP contribution < -0.4 is 20.4 Å². The van der Waals surface area contributed by atoms with E-state index < -0.39 is 0 Å². The van der Waals surface area contributed by atoms with E-state index in [1.165, 1.54) is 24.1 Å². The van der Waals surface area contributed by atoms with Crippen molar-refractivity contribution < 1.29 is 0 Å². The molecule has 0 bridgehead atoms. The van der Waals surface area contributed by atoms with Crippen LogP contribution in [-0.2, 0) is 6.54 Å². The molecule has 2 N–H and O–H groups in total. The van der Waals surface area contributed by atoms with E-state index in [0.29, 0.717) is 6.54 Å². The van der Waals surface area contributed by atoms with Crippen LogP contribution in [0.2, 0.25) is 0 Å². The summed E-state index contributed by atoms with van der Waals surface area (Å²) in [7, 11) is 1.82. The van der Waals surface area contributed by atoms with Gasteiger partial charge in [0.05, 0.1) is 6.04 Å². The molecule has 7 heteroatoms. The molecule has 3 heterocycles. The summed E-state index contributed by atoms with van der Waals surface area (Å²) < 4.78 is 0. The summed E-state index contributed by atoms with van der Waals surface area (Å²) in [6.45, 7) is 12.9. The predicted molar refractivity (Wildman–Crippen MR) is 138 cm³/mol. The predicted octanol–water partition coefficient (Wildman–Crippen LogP) is 3.25. The van der Waals surface area contributed by atoms with Gasteiger partial charge in [0.2, 0.25) is 0 Å². The molecule has 2 fully saturated rings. The molecule has 2 saturated heterocycles. The van der Waals surface area contributed by atoms with Gasteiger partial charge in [-0.2, -0.15) is 0 Å². The zero-order valence-corrected chi connectivity index (χ0v) is 20.4. The first-order chi connectivity index (χ1) is 16.2. The number of aromatic nitrogens is 1. The fourth-order valence-electron chi connectivity index (χ4n) is 4.64. The molecular formula is C26H39N7. The minimum Gasteiger partial charge on any atom is -0.372 e. The van der Waals surface area contributed by atoms with Crippen molar-refractivity contribution in [3.8, 4) is 0 Å². The standard InChI is InChI=1S/C26H39N7/c1-4-31-14-16-33(17-15-31)25-11-10-22(19-28-25)20-29-26(27-3)30-21(2)23-8-7-9-24(18-23)32-12-5-6-13-32/h7-11,18-19,21H,4-6,12-17,20H2,1-3H3,(H2,27,29,30). The van der Waals surface area contributed by atoms with Gasteiger partial charge in [0, 0.05) is 64.7 Å². The van der Waals surface area contributed by atoms with E-state index in [9.17, 15) is 0 Å². The fraction of sp³-hybridized carbons (Fsp3) is 0.538. The van der Waals surface area contributed by atoms with E-state index in [1.807, 2.05) is 13.2 Å². The van der Waals surface area contributed by atoms with Crippen molar-refractivity contribution in [3.05, 3.63) is 53.7 Å². The number of hydrogen-bond acceptors (Lipinski definition) is 5. The van der Waals surface area contributed by atoms with E-state index in [0.717, 1.165) is 63.2 Å². The first kappa shape index (κ1) is 23.4. The number of benzene rings is 1. The number of pyridine rings is 1. The van der Waals surface area contributed by atoms with E-state index in [1.54, 1.807) is 0 Å². The van der Waals surface area contributed by atoms with E-state index >= 15 is 0 Å². The van der Waals surface area contributed by atoms with E-state index in [2.05, 4.69) is 80.6 Å². The molecule has 0 spiro atoms. The lowest BCUT2D eigenvalue weighted by Gasteiger charge is -2.34. The summed E-state index contributed by atoms with van der Waals surface area (Å²) >= 11 is 0. The van der Waals surface area contributed by atoms with Crippen molar-refractivity contribution in [1.82, 2.24) is 20.5 Å². The largest absolute Gasteiger partial charge is 0.372 e. The normalized spacial score (nSPS) is 18.5. The highest BCUT2D eigenvalue weighted by Crippen LogP contribution is 2.24. The average Bonchev–Trinajstić information content (AvgIpc) is 3.42. The van der Waals surface area contributed by atoms with Gasteiger partial charge in [-0.3, -0.25) is 4.99 Å². The lowest BCUT2D eigenvalue weighted by atomic mass is 10.1. The third-order valence-corrected chi connectivity index (χ3v) is 6.83. The number of nitrogens with zero attached hydrogens (tertiary/aromatic N) is 5. The van der Waals surface area contributed by atoms with Crippen LogP contribution in [0.25, 0.3) is 0 Å². The van der Waals surface area contributed by atoms with Crippen LogP contribution in [-0.4, -0.2) is 68.7 Å². The molecule has 2 aliphatic heterocycles. The maximum absolute atomic E-state index is 4.72. The van der Waals surface area contributed by atoms with Crippen LogP contribution in [0, 0.1) is 0 Å². The highest BCUT2D eigenvalue weighted by molar-refractivity contribution is 5.80. The molecule has 7 nitrogen and oxygen atoms in total. The van der Waals surface area contributed by atoms with Crippen molar-refractivity contribution in [2.75, 3.05) is 62.7 Å². The lowest BCUT2D eigenvalue weighted by Crippen LogP contribution is -2.46. The maximum atomic E-state index is 4.72. The Hall–Kier alpha value is -2.80. The van der Waals surface area contributed by atoms with E-state index in [4.69, 9.17) is 4.98 Å². The molecular weight excluding hydrogens is 410 g/mol. The summed E-state index contributed by atoms with van der Waals surface area (Å²) in [5, 5.41) is 6.97. The smallest absolute Gasteiger partial charge is 0.191 e. The first-order valence-corrected chi connectivity index (χ1v) is 12.4. The quantitative estimate of drug-likeness (QED) is 0.500. The van der Waals surface area contributed by atoms with Crippen LogP contribution in [0.4, 0.5) is 11.5 Å². The van der Waals surface area contributed by atoms with Gasteiger partial charge in [-0.1, -0.05) is 25.1 Å². The second-order valence-electron chi connectivity index (χ2n) is 9.03. The number of likely N-dealkylation sites (N-methyl/N-ethyl adjacent to an activating group) is 1. The topological polar surface area (TPSA) is 59.0 Å². The first-order valence-electron chi connectivity index (χ1n) is 12.4. The van der Waals surface area contributed by atoms with Gasteiger partial charge in [-0.25, -0.2) is 4.98 Å². The van der Waals surface area contributed by atoms with Crippen LogP contribution >= 0.6 is 0 Å². The molecule has 1 aromatic carbocycles. The van der Waals surface area contributed by atoms with E-state index in [-0.39, 0.29) is 6.04 Å². The van der Waals surface area contributed by atoms with Gasteiger partial charge in [0.1, 0.15) is 5.82 Å². The Morgan fingerprint density at radius 3 is 2.48 bits per heavy atom. The number of aliphatic imine (C=N–C) groups is 1. The highest BCUT2D eigenvalue weighted by Gasteiger charge is 2.17. The Morgan fingerprint density at radius 1 is 1.03 bits per heavy atom. The summed E-state index contributed by atoms with van der Waals surface area (Å²) in [5.41, 5.74) is 3.75. The number of hydrogen-bond donors (Lipinski definition) is 2. The fourth-order valence-corrected chi connectivity index (χ4v) is 4.64. The highest BCUT2D eigenvalue weighted by atomic mass is 15.3. The molecule has 1 atom stereocenters. The van der Waals surface area contributed by atoms with Crippen molar-refractivity contribution in [3.63, 3.8) is 0 Å². The van der Waals surface area contributed by atoms with Crippen molar-refractivity contribution in [2.45, 2.75) is 39.3 Å². The number of piperazine rings is 1. The molecule has 0 amide bonds. The lowest BCUT2D eigenvalue weighted by molar-refractivity contribution is 0.270. The Morgan fingerprint density at radius 2 is 1.82 bits per heavy atom. The molecule has 0 aliphatic carbocycles. The van der Waals surface area contributed by atoms with Crippen molar-refractivity contribution in [1.29, 1.82) is 0 Å². The van der Waals surface area contributed by atoms with Crippen LogP contribution in [0.1, 0.15) is 43.9 Å². The zero-order chi connectivity index (χ0) is 23.0. The van der Waals surface area contributed by atoms with Gasteiger partial charge in [-0.05, 0) is 55.6 Å². The molecule has 4 rings (SSSR count). The maximum Gasteiger partial charge on any atom is 0.191 e. The second-order valence-corrected chi connectivity index (χ2v) is 9.03. The molecule has 2 aromatic rings. The van der Waals surface area contributed by atoms with Crippen LogP contribution in [0.15, 0.2) is 47.6 Å². The molecule has 0 saturated carbocycles. The zero-order valence-electron chi connectivity index (χ0n) is 20.4. The minimum atomic E-state index is 0.168. The molecule has 2 aliphatic rings. The number of nitrogens with one attached hydrogen (secondary N) is 2. The third-order valence-electron chi connectivity index (χ3n) is 6.83. The minimum absolute atomic E-state index is 0.168. The summed E-state index contributed by atoms with van der Waals surface area (Å²) in [6, 6.07) is 13.3. The van der Waals surface area contributed by atoms with Crippen LogP contribution in [0.5, 0.6) is 0 Å². The SMILES string of the molecule is CCN1CCN(c2ccc(CNC(=NC)NC(C)c3cccc(N4CCCC4)c3)cn2)CC1. The number of anilines is 2.